The molecular formula is C16H14O. The highest BCUT2D eigenvalue weighted by atomic mass is 16.1. The number of rotatable bonds is 1. The van der Waals surface area contributed by atoms with E-state index in [1.807, 2.05) is 18.2 Å². The van der Waals surface area contributed by atoms with E-state index in [1.54, 1.807) is 0 Å². The first kappa shape index (κ1) is 10.3. The summed E-state index contributed by atoms with van der Waals surface area (Å²) >= 11 is 0. The van der Waals surface area contributed by atoms with Gasteiger partial charge in [-0.1, -0.05) is 49.4 Å². The SMILES string of the molecule is CCc1cccc2c1C(=O)c1ccccc1C2. The number of hydrogen-bond acceptors (Lipinski definition) is 1. The molecule has 0 unspecified atom stereocenters. The molecule has 2 aromatic carbocycles. The zero-order valence-electron chi connectivity index (χ0n) is 9.86. The van der Waals surface area contributed by atoms with Crippen LogP contribution in [0.1, 0.15) is 39.5 Å². The van der Waals surface area contributed by atoms with Gasteiger partial charge in [0.15, 0.2) is 5.78 Å². The summed E-state index contributed by atoms with van der Waals surface area (Å²) in [5.41, 5.74) is 5.31. The quantitative estimate of drug-likeness (QED) is 0.617. The van der Waals surface area contributed by atoms with E-state index in [2.05, 4.69) is 31.2 Å². The van der Waals surface area contributed by atoms with Crippen molar-refractivity contribution in [2.45, 2.75) is 19.8 Å². The van der Waals surface area contributed by atoms with Crippen molar-refractivity contribution in [1.82, 2.24) is 0 Å². The molecule has 0 heterocycles. The minimum Gasteiger partial charge on any atom is -0.289 e. The molecule has 0 bridgehead atoms. The molecule has 17 heavy (non-hydrogen) atoms. The number of hydrogen-bond donors (Lipinski definition) is 0. The van der Waals surface area contributed by atoms with Gasteiger partial charge in [0.25, 0.3) is 0 Å². The number of aryl methyl sites for hydroxylation is 1. The molecule has 0 atom stereocenters. The molecule has 0 amide bonds. The van der Waals surface area contributed by atoms with Crippen LogP contribution >= 0.6 is 0 Å². The van der Waals surface area contributed by atoms with Gasteiger partial charge in [-0.15, -0.1) is 0 Å². The molecule has 1 nitrogen and oxygen atoms in total. The van der Waals surface area contributed by atoms with Gasteiger partial charge >= 0.3 is 0 Å². The van der Waals surface area contributed by atoms with Crippen molar-refractivity contribution in [2.75, 3.05) is 0 Å². The third kappa shape index (κ3) is 1.50. The summed E-state index contributed by atoms with van der Waals surface area (Å²) in [7, 11) is 0. The Hall–Kier alpha value is -1.89. The van der Waals surface area contributed by atoms with E-state index in [4.69, 9.17) is 0 Å². The van der Waals surface area contributed by atoms with Gasteiger partial charge in [-0.25, -0.2) is 0 Å². The van der Waals surface area contributed by atoms with Crippen LogP contribution in [0.5, 0.6) is 0 Å². The minimum absolute atomic E-state index is 0.194. The van der Waals surface area contributed by atoms with Crippen molar-refractivity contribution in [1.29, 1.82) is 0 Å². The molecule has 1 aliphatic carbocycles. The summed E-state index contributed by atoms with van der Waals surface area (Å²) in [4.78, 5) is 12.5. The Bertz CT molecular complexity index is 596. The van der Waals surface area contributed by atoms with Crippen LogP contribution < -0.4 is 0 Å². The predicted molar refractivity (Wildman–Crippen MR) is 68.5 cm³/mol. The fraction of sp³-hybridized carbons (Fsp3) is 0.188. The molecule has 0 radical (unpaired) electrons. The fourth-order valence-electron chi connectivity index (χ4n) is 2.62. The van der Waals surface area contributed by atoms with Crippen LogP contribution in [0.4, 0.5) is 0 Å². The second kappa shape index (κ2) is 3.85. The molecule has 1 aliphatic rings. The Balaban J connectivity index is 2.24. The lowest BCUT2D eigenvalue weighted by Gasteiger charge is -2.20. The van der Waals surface area contributed by atoms with Crippen molar-refractivity contribution >= 4 is 5.78 Å². The Labute approximate surface area is 101 Å². The number of carbonyl (C=O) groups is 1. The average molecular weight is 222 g/mol. The molecule has 0 saturated heterocycles. The maximum Gasteiger partial charge on any atom is 0.193 e. The van der Waals surface area contributed by atoms with E-state index in [0.29, 0.717) is 0 Å². The van der Waals surface area contributed by atoms with Gasteiger partial charge in [0.05, 0.1) is 0 Å². The van der Waals surface area contributed by atoms with E-state index in [0.717, 1.165) is 29.5 Å². The third-order valence-electron chi connectivity index (χ3n) is 3.49. The zero-order valence-corrected chi connectivity index (χ0v) is 9.86. The van der Waals surface area contributed by atoms with Crippen LogP contribution in [0.15, 0.2) is 42.5 Å². The molecule has 0 aliphatic heterocycles. The predicted octanol–water partition coefficient (Wildman–Crippen LogP) is 3.38. The lowest BCUT2D eigenvalue weighted by atomic mass is 9.82. The van der Waals surface area contributed by atoms with Gasteiger partial charge in [0.2, 0.25) is 0 Å². The first-order valence-corrected chi connectivity index (χ1v) is 6.04. The summed E-state index contributed by atoms with van der Waals surface area (Å²) in [6.07, 6.45) is 1.79. The second-order valence-electron chi connectivity index (χ2n) is 4.47. The van der Waals surface area contributed by atoms with E-state index >= 15 is 0 Å². The molecule has 1 heteroatoms. The monoisotopic (exact) mass is 222 g/mol. The van der Waals surface area contributed by atoms with Gasteiger partial charge in [0.1, 0.15) is 0 Å². The molecular weight excluding hydrogens is 208 g/mol. The third-order valence-corrected chi connectivity index (χ3v) is 3.49. The van der Waals surface area contributed by atoms with Crippen LogP contribution in [0.25, 0.3) is 0 Å². The minimum atomic E-state index is 0.194. The molecule has 0 saturated carbocycles. The maximum absolute atomic E-state index is 12.5. The summed E-state index contributed by atoms with van der Waals surface area (Å²) in [5.74, 6) is 0.194. The number of fused-ring (bicyclic) bond motifs is 2. The Kier molecular flexibility index (Phi) is 2.32. The number of benzene rings is 2. The molecule has 0 fully saturated rings. The average Bonchev–Trinajstić information content (AvgIpc) is 2.38. The van der Waals surface area contributed by atoms with Crippen LogP contribution in [-0.2, 0) is 12.8 Å². The Morgan fingerprint density at radius 2 is 1.76 bits per heavy atom. The highest BCUT2D eigenvalue weighted by molar-refractivity contribution is 6.13. The molecule has 0 aromatic heterocycles. The Morgan fingerprint density at radius 3 is 2.59 bits per heavy atom. The van der Waals surface area contributed by atoms with Crippen LogP contribution in [0.2, 0.25) is 0 Å². The van der Waals surface area contributed by atoms with Crippen molar-refractivity contribution in [3.8, 4) is 0 Å². The van der Waals surface area contributed by atoms with Gasteiger partial charge in [0, 0.05) is 11.1 Å². The van der Waals surface area contributed by atoms with E-state index < -0.39 is 0 Å². The van der Waals surface area contributed by atoms with Gasteiger partial charge < -0.3 is 0 Å². The molecule has 0 spiro atoms. The largest absolute Gasteiger partial charge is 0.289 e. The smallest absolute Gasteiger partial charge is 0.193 e. The maximum atomic E-state index is 12.5. The van der Waals surface area contributed by atoms with Crippen LogP contribution in [0, 0.1) is 0 Å². The molecule has 3 rings (SSSR count). The highest BCUT2D eigenvalue weighted by Gasteiger charge is 2.24. The fourth-order valence-corrected chi connectivity index (χ4v) is 2.62. The van der Waals surface area contributed by atoms with Crippen LogP contribution in [-0.4, -0.2) is 5.78 Å². The number of ketones is 1. The summed E-state index contributed by atoms with van der Waals surface area (Å²) in [6.45, 7) is 2.10. The lowest BCUT2D eigenvalue weighted by Crippen LogP contribution is -2.17. The van der Waals surface area contributed by atoms with Crippen molar-refractivity contribution < 1.29 is 4.79 Å². The second-order valence-corrected chi connectivity index (χ2v) is 4.47. The van der Waals surface area contributed by atoms with E-state index in [9.17, 15) is 4.79 Å². The first-order valence-electron chi connectivity index (χ1n) is 6.04. The first-order chi connectivity index (χ1) is 8.31. The van der Waals surface area contributed by atoms with Gasteiger partial charge in [-0.2, -0.15) is 0 Å². The van der Waals surface area contributed by atoms with E-state index in [1.165, 1.54) is 11.1 Å². The summed E-state index contributed by atoms with van der Waals surface area (Å²) in [6, 6.07) is 14.1. The lowest BCUT2D eigenvalue weighted by molar-refractivity contribution is 0.103. The summed E-state index contributed by atoms with van der Waals surface area (Å²) in [5, 5.41) is 0. The molecule has 84 valence electrons. The topological polar surface area (TPSA) is 17.1 Å². The summed E-state index contributed by atoms with van der Waals surface area (Å²) < 4.78 is 0. The van der Waals surface area contributed by atoms with Crippen LogP contribution in [0.3, 0.4) is 0 Å². The Morgan fingerprint density at radius 1 is 1.00 bits per heavy atom. The van der Waals surface area contributed by atoms with Gasteiger partial charge in [-0.05, 0) is 29.5 Å². The molecule has 0 N–H and O–H groups in total. The van der Waals surface area contributed by atoms with Gasteiger partial charge in [-0.3, -0.25) is 4.79 Å². The zero-order chi connectivity index (χ0) is 11.8. The standard InChI is InChI=1S/C16H14O/c1-2-11-7-5-8-13-10-12-6-3-4-9-14(12)16(17)15(11)13/h3-9H,2,10H2,1H3. The van der Waals surface area contributed by atoms with Crippen molar-refractivity contribution in [2.24, 2.45) is 0 Å². The van der Waals surface area contributed by atoms with Crippen molar-refractivity contribution in [3.05, 3.63) is 70.3 Å². The highest BCUT2D eigenvalue weighted by Crippen LogP contribution is 2.29. The van der Waals surface area contributed by atoms with Crippen molar-refractivity contribution in [3.63, 3.8) is 0 Å². The normalized spacial score (nSPS) is 13.1. The molecule has 2 aromatic rings. The van der Waals surface area contributed by atoms with E-state index in [-0.39, 0.29) is 5.78 Å². The number of carbonyl (C=O) groups excluding carboxylic acids is 1.